The van der Waals surface area contributed by atoms with Crippen LogP contribution in [-0.4, -0.2) is 23.1 Å². The summed E-state index contributed by atoms with van der Waals surface area (Å²) in [5.41, 5.74) is 2.63. The molecule has 0 fully saturated rings. The number of halogens is 1. The van der Waals surface area contributed by atoms with Gasteiger partial charge in [-0.2, -0.15) is 0 Å². The van der Waals surface area contributed by atoms with E-state index in [1.807, 2.05) is 66.9 Å². The number of nitrogens with one attached hydrogen (secondary N) is 1. The van der Waals surface area contributed by atoms with Crippen molar-refractivity contribution in [2.75, 3.05) is 6.61 Å². The summed E-state index contributed by atoms with van der Waals surface area (Å²) >= 11 is 6.15. The second-order valence-electron chi connectivity index (χ2n) is 6.65. The first-order valence-corrected chi connectivity index (χ1v) is 9.71. The maximum Gasteiger partial charge on any atom is 0.268 e. The molecular formula is C22H25ClN2O2. The number of ether oxygens (including phenoxy) is 1. The maximum absolute atomic E-state index is 12.9. The van der Waals surface area contributed by atoms with Gasteiger partial charge < -0.3 is 14.6 Å². The molecule has 5 heteroatoms. The van der Waals surface area contributed by atoms with E-state index in [4.69, 9.17) is 16.3 Å². The molecule has 1 atom stereocenters. The highest BCUT2D eigenvalue weighted by Crippen LogP contribution is 2.30. The number of benzene rings is 2. The Kier molecular flexibility index (Phi) is 6.07. The van der Waals surface area contributed by atoms with Crippen LogP contribution in [0.2, 0.25) is 5.02 Å². The average molecular weight is 385 g/mol. The Bertz CT molecular complexity index is 949. The van der Waals surface area contributed by atoms with Gasteiger partial charge in [0.05, 0.1) is 12.1 Å². The minimum atomic E-state index is -0.0787. The smallest absolute Gasteiger partial charge is 0.268 e. The molecule has 0 saturated heterocycles. The van der Waals surface area contributed by atoms with Gasteiger partial charge in [0, 0.05) is 23.0 Å². The van der Waals surface area contributed by atoms with Gasteiger partial charge in [0.15, 0.2) is 0 Å². The molecule has 0 aliphatic heterocycles. The molecule has 1 aromatic heterocycles. The first kappa shape index (κ1) is 19.3. The summed E-state index contributed by atoms with van der Waals surface area (Å²) in [7, 11) is 0. The molecule has 0 bridgehead atoms. The van der Waals surface area contributed by atoms with E-state index in [-0.39, 0.29) is 11.9 Å². The zero-order valence-corrected chi connectivity index (χ0v) is 16.7. The number of carbonyl (C=O) groups excluding carboxylic acids is 1. The predicted octanol–water partition coefficient (Wildman–Crippen LogP) is 5.27. The minimum absolute atomic E-state index is 0.0787. The quantitative estimate of drug-likeness (QED) is 0.603. The molecule has 3 rings (SSSR count). The first-order valence-electron chi connectivity index (χ1n) is 9.33. The second kappa shape index (κ2) is 8.49. The molecule has 0 aliphatic rings. The van der Waals surface area contributed by atoms with Crippen molar-refractivity contribution in [2.45, 2.75) is 39.8 Å². The van der Waals surface area contributed by atoms with E-state index in [0.717, 1.165) is 28.6 Å². The number of aromatic nitrogens is 1. The lowest BCUT2D eigenvalue weighted by Gasteiger charge is -2.14. The number of hydrogen-bond donors (Lipinski definition) is 1. The number of hydrogen-bond acceptors (Lipinski definition) is 2. The molecule has 3 aromatic rings. The van der Waals surface area contributed by atoms with Crippen LogP contribution < -0.4 is 10.1 Å². The number of carbonyl (C=O) groups is 1. The van der Waals surface area contributed by atoms with E-state index in [2.05, 4.69) is 12.2 Å². The Balaban J connectivity index is 2.10. The zero-order valence-electron chi connectivity index (χ0n) is 16.0. The number of nitrogens with zero attached hydrogens (tertiary/aromatic N) is 1. The zero-order chi connectivity index (χ0) is 19.4. The van der Waals surface area contributed by atoms with Crippen molar-refractivity contribution in [3.8, 4) is 5.75 Å². The van der Waals surface area contributed by atoms with Crippen LogP contribution in [0, 0.1) is 0 Å². The molecule has 4 nitrogen and oxygen atoms in total. The van der Waals surface area contributed by atoms with E-state index in [1.165, 1.54) is 0 Å². The topological polar surface area (TPSA) is 43.3 Å². The van der Waals surface area contributed by atoms with E-state index in [1.54, 1.807) is 0 Å². The fourth-order valence-corrected chi connectivity index (χ4v) is 3.33. The van der Waals surface area contributed by atoms with Crippen molar-refractivity contribution < 1.29 is 9.53 Å². The molecule has 1 N–H and O–H groups in total. The summed E-state index contributed by atoms with van der Waals surface area (Å²) in [6.45, 7) is 7.15. The molecule has 142 valence electrons. The Morgan fingerprint density at radius 2 is 1.96 bits per heavy atom. The van der Waals surface area contributed by atoms with Gasteiger partial charge in [-0.3, -0.25) is 4.79 Å². The Hall–Kier alpha value is -2.46. The lowest BCUT2D eigenvalue weighted by atomic mass is 10.2. The highest BCUT2D eigenvalue weighted by Gasteiger charge is 2.19. The van der Waals surface area contributed by atoms with Gasteiger partial charge in [0.2, 0.25) is 0 Å². The van der Waals surface area contributed by atoms with Crippen LogP contribution in [0.1, 0.15) is 43.2 Å². The Morgan fingerprint density at radius 1 is 1.19 bits per heavy atom. The van der Waals surface area contributed by atoms with Gasteiger partial charge in [-0.05, 0) is 56.2 Å². The second-order valence-corrected chi connectivity index (χ2v) is 7.09. The van der Waals surface area contributed by atoms with Crippen LogP contribution in [0.3, 0.4) is 0 Å². The molecule has 0 aliphatic carbocycles. The normalized spacial score (nSPS) is 12.1. The highest BCUT2D eigenvalue weighted by molar-refractivity contribution is 6.30. The van der Waals surface area contributed by atoms with Crippen molar-refractivity contribution >= 4 is 28.4 Å². The Labute approximate surface area is 165 Å². The lowest BCUT2D eigenvalue weighted by molar-refractivity contribution is 0.0931. The third kappa shape index (κ3) is 4.28. The van der Waals surface area contributed by atoms with E-state index >= 15 is 0 Å². The Morgan fingerprint density at radius 3 is 2.67 bits per heavy atom. The lowest BCUT2D eigenvalue weighted by Crippen LogP contribution is -2.33. The van der Waals surface area contributed by atoms with Crippen molar-refractivity contribution in [3.05, 3.63) is 64.8 Å². The molecule has 0 radical (unpaired) electrons. The van der Waals surface area contributed by atoms with Crippen LogP contribution in [0.15, 0.2) is 48.5 Å². The maximum atomic E-state index is 12.9. The monoisotopic (exact) mass is 384 g/mol. The molecule has 0 saturated carbocycles. The number of fused-ring (bicyclic) bond motifs is 1. The highest BCUT2D eigenvalue weighted by atomic mass is 35.5. The van der Waals surface area contributed by atoms with E-state index in [0.29, 0.717) is 23.9 Å². The SMILES string of the molecule is CCOc1cccc2c1cc(C(=O)N[C@@H](C)CC)n2Cc1cccc(Cl)c1. The van der Waals surface area contributed by atoms with Crippen molar-refractivity contribution in [2.24, 2.45) is 0 Å². The average Bonchev–Trinajstić information content (AvgIpc) is 3.01. The molecule has 0 spiro atoms. The fraction of sp³-hybridized carbons (Fsp3) is 0.318. The van der Waals surface area contributed by atoms with Crippen molar-refractivity contribution in [1.29, 1.82) is 0 Å². The molecule has 2 aromatic carbocycles. The molecule has 1 amide bonds. The summed E-state index contributed by atoms with van der Waals surface area (Å²) < 4.78 is 7.80. The van der Waals surface area contributed by atoms with Crippen LogP contribution in [-0.2, 0) is 6.54 Å². The summed E-state index contributed by atoms with van der Waals surface area (Å²) in [5.74, 6) is 0.711. The van der Waals surface area contributed by atoms with Crippen molar-refractivity contribution in [1.82, 2.24) is 9.88 Å². The third-order valence-electron chi connectivity index (χ3n) is 4.66. The molecule has 27 heavy (non-hydrogen) atoms. The van der Waals surface area contributed by atoms with Crippen LogP contribution in [0.5, 0.6) is 5.75 Å². The first-order chi connectivity index (χ1) is 13.0. The summed E-state index contributed by atoms with van der Waals surface area (Å²) in [4.78, 5) is 12.9. The molecule has 1 heterocycles. The number of amides is 1. The minimum Gasteiger partial charge on any atom is -0.493 e. The van der Waals surface area contributed by atoms with Gasteiger partial charge in [-0.1, -0.05) is 36.7 Å². The van der Waals surface area contributed by atoms with Gasteiger partial charge in [0.1, 0.15) is 11.4 Å². The number of rotatable bonds is 7. The molecular weight excluding hydrogens is 360 g/mol. The van der Waals surface area contributed by atoms with Crippen LogP contribution in [0.25, 0.3) is 10.9 Å². The predicted molar refractivity (Wildman–Crippen MR) is 111 cm³/mol. The molecule has 0 unspecified atom stereocenters. The third-order valence-corrected chi connectivity index (χ3v) is 4.89. The van der Waals surface area contributed by atoms with E-state index in [9.17, 15) is 4.79 Å². The summed E-state index contributed by atoms with van der Waals surface area (Å²) in [6.07, 6.45) is 0.879. The van der Waals surface area contributed by atoms with Gasteiger partial charge in [-0.15, -0.1) is 0 Å². The van der Waals surface area contributed by atoms with Gasteiger partial charge in [0.25, 0.3) is 5.91 Å². The van der Waals surface area contributed by atoms with Crippen molar-refractivity contribution in [3.63, 3.8) is 0 Å². The van der Waals surface area contributed by atoms with E-state index < -0.39 is 0 Å². The summed E-state index contributed by atoms with van der Waals surface area (Å²) in [5, 5.41) is 4.69. The van der Waals surface area contributed by atoms with Crippen LogP contribution in [0.4, 0.5) is 0 Å². The van der Waals surface area contributed by atoms with Crippen LogP contribution >= 0.6 is 11.6 Å². The standard InChI is InChI=1S/C22H25ClN2O2/c1-4-15(3)24-22(26)20-13-18-19(10-7-11-21(18)27-5-2)25(20)14-16-8-6-9-17(23)12-16/h6-13,15H,4-5,14H2,1-3H3,(H,24,26)/t15-/m0/s1. The largest absolute Gasteiger partial charge is 0.493 e. The summed E-state index contributed by atoms with van der Waals surface area (Å²) in [6, 6.07) is 15.7. The fourth-order valence-electron chi connectivity index (χ4n) is 3.11. The van der Waals surface area contributed by atoms with Gasteiger partial charge in [-0.25, -0.2) is 0 Å². The van der Waals surface area contributed by atoms with Gasteiger partial charge >= 0.3 is 0 Å².